The summed E-state index contributed by atoms with van der Waals surface area (Å²) in [6.45, 7) is 10.6. The Hall–Kier alpha value is -1.88. The van der Waals surface area contributed by atoms with Crippen LogP contribution >= 0.6 is 0 Å². The maximum absolute atomic E-state index is 13.4. The Labute approximate surface area is 174 Å². The van der Waals surface area contributed by atoms with Crippen LogP contribution in [0.3, 0.4) is 0 Å². The Morgan fingerprint density at radius 1 is 1.28 bits per heavy atom. The topological polar surface area (TPSA) is 75.6 Å². The predicted molar refractivity (Wildman–Crippen MR) is 113 cm³/mol. The van der Waals surface area contributed by atoms with Gasteiger partial charge in [-0.25, -0.2) is 4.79 Å². The second kappa shape index (κ2) is 8.47. The number of aliphatic hydroxyl groups is 1. The standard InChI is InChI=1S/C24H35NO4/c1-14(2)11-20-22-17(5)16(4)13-18-12-15(3)7-6-8-19(26)9-10-21(27)29-24(18,22)23(28)25-20/h9-10,12-14,17-20,22,26H,6-8,11H2,1-5H3,(H,25,28)/b10-9+,15-12+/t17-,18+,19+,20+,22+,24-/m1/s1. The molecule has 5 heteroatoms. The number of allylic oxidation sites excluding steroid dienone is 2. The number of ether oxygens (including phenoxy) is 1. The van der Waals surface area contributed by atoms with E-state index in [-0.39, 0.29) is 29.7 Å². The molecule has 1 fully saturated rings. The van der Waals surface area contributed by atoms with E-state index in [4.69, 9.17) is 4.74 Å². The fraction of sp³-hybridized carbons (Fsp3) is 0.667. The summed E-state index contributed by atoms with van der Waals surface area (Å²) in [5.41, 5.74) is 1.14. The molecule has 3 aliphatic rings. The maximum atomic E-state index is 13.4. The van der Waals surface area contributed by atoms with Gasteiger partial charge in [0.15, 0.2) is 0 Å². The lowest BCUT2D eigenvalue weighted by atomic mass is 9.63. The van der Waals surface area contributed by atoms with Crippen molar-refractivity contribution in [1.82, 2.24) is 5.32 Å². The molecular weight excluding hydrogens is 366 g/mol. The van der Waals surface area contributed by atoms with Gasteiger partial charge in [-0.15, -0.1) is 0 Å². The van der Waals surface area contributed by atoms with Gasteiger partial charge < -0.3 is 15.2 Å². The highest BCUT2D eigenvalue weighted by atomic mass is 16.6. The van der Waals surface area contributed by atoms with Crippen LogP contribution in [-0.2, 0) is 14.3 Å². The summed E-state index contributed by atoms with van der Waals surface area (Å²) >= 11 is 0. The first kappa shape index (κ1) is 21.8. The van der Waals surface area contributed by atoms with Gasteiger partial charge in [0.05, 0.1) is 6.10 Å². The molecule has 1 amide bonds. The fourth-order valence-electron chi connectivity index (χ4n) is 5.29. The van der Waals surface area contributed by atoms with E-state index in [0.717, 1.165) is 24.8 Å². The van der Waals surface area contributed by atoms with Crippen molar-refractivity contribution in [3.63, 3.8) is 0 Å². The van der Waals surface area contributed by atoms with Gasteiger partial charge in [0, 0.05) is 24.0 Å². The summed E-state index contributed by atoms with van der Waals surface area (Å²) in [4.78, 5) is 26.2. The van der Waals surface area contributed by atoms with Gasteiger partial charge in [0.1, 0.15) is 0 Å². The van der Waals surface area contributed by atoms with Crippen molar-refractivity contribution in [3.8, 4) is 0 Å². The molecule has 2 N–H and O–H groups in total. The molecule has 2 aliphatic heterocycles. The maximum Gasteiger partial charge on any atom is 0.331 e. The number of rotatable bonds is 2. The number of aliphatic hydroxyl groups excluding tert-OH is 1. The smallest absolute Gasteiger partial charge is 0.331 e. The van der Waals surface area contributed by atoms with Crippen LogP contribution in [-0.4, -0.2) is 34.7 Å². The van der Waals surface area contributed by atoms with E-state index in [1.54, 1.807) is 0 Å². The van der Waals surface area contributed by atoms with Gasteiger partial charge in [-0.05, 0) is 57.4 Å². The van der Waals surface area contributed by atoms with Crippen molar-refractivity contribution in [2.45, 2.75) is 78.0 Å². The van der Waals surface area contributed by atoms with Crippen LogP contribution in [0.25, 0.3) is 0 Å². The minimum absolute atomic E-state index is 0.0346. The summed E-state index contributed by atoms with van der Waals surface area (Å²) < 4.78 is 6.04. The SMILES string of the molecule is CC1=C[C@@H]2/C=C(\C)CCC[C@H](O)/C=C/C(=O)O[C@]23C(=O)N[C@@H](CC(C)C)[C@@H]3[C@@H]1C. The number of carbonyl (C=O) groups is 2. The first-order chi connectivity index (χ1) is 13.6. The minimum atomic E-state index is -1.24. The lowest BCUT2D eigenvalue weighted by molar-refractivity contribution is -0.172. The van der Waals surface area contributed by atoms with E-state index in [1.807, 2.05) is 0 Å². The summed E-state index contributed by atoms with van der Waals surface area (Å²) in [5.74, 6) is -0.632. The molecule has 6 atom stereocenters. The molecule has 29 heavy (non-hydrogen) atoms. The third kappa shape index (κ3) is 4.20. The molecule has 5 nitrogen and oxygen atoms in total. The highest BCUT2D eigenvalue weighted by Crippen LogP contribution is 2.50. The lowest BCUT2D eigenvalue weighted by Gasteiger charge is -2.45. The van der Waals surface area contributed by atoms with Crippen LogP contribution in [0.1, 0.15) is 60.3 Å². The molecule has 0 unspecified atom stereocenters. The van der Waals surface area contributed by atoms with Gasteiger partial charge in [0.2, 0.25) is 5.60 Å². The molecule has 160 valence electrons. The summed E-state index contributed by atoms with van der Waals surface area (Å²) in [5, 5.41) is 13.3. The molecule has 0 saturated carbocycles. The average molecular weight is 402 g/mol. The Kier molecular flexibility index (Phi) is 6.37. The Balaban J connectivity index is 2.13. The van der Waals surface area contributed by atoms with Gasteiger partial charge in [-0.2, -0.15) is 0 Å². The van der Waals surface area contributed by atoms with Crippen molar-refractivity contribution in [2.24, 2.45) is 23.7 Å². The van der Waals surface area contributed by atoms with Crippen LogP contribution in [0.2, 0.25) is 0 Å². The molecule has 0 radical (unpaired) electrons. The lowest BCUT2D eigenvalue weighted by Crippen LogP contribution is -2.56. The number of amides is 1. The van der Waals surface area contributed by atoms with Crippen molar-refractivity contribution in [3.05, 3.63) is 35.5 Å². The molecule has 0 aromatic heterocycles. The zero-order valence-corrected chi connectivity index (χ0v) is 18.3. The monoisotopic (exact) mass is 401 g/mol. The Morgan fingerprint density at radius 3 is 2.69 bits per heavy atom. The number of hydrogen-bond donors (Lipinski definition) is 2. The zero-order valence-electron chi connectivity index (χ0n) is 18.3. The second-order valence-corrected chi connectivity index (χ2v) is 9.51. The fourth-order valence-corrected chi connectivity index (χ4v) is 5.29. The summed E-state index contributed by atoms with van der Waals surface area (Å²) in [7, 11) is 0. The number of hydrogen-bond acceptors (Lipinski definition) is 4. The molecule has 1 spiro atoms. The van der Waals surface area contributed by atoms with E-state index in [9.17, 15) is 14.7 Å². The quantitative estimate of drug-likeness (QED) is 0.547. The van der Waals surface area contributed by atoms with Crippen LogP contribution in [0, 0.1) is 23.7 Å². The third-order valence-corrected chi connectivity index (χ3v) is 6.78. The minimum Gasteiger partial charge on any atom is -0.444 e. The van der Waals surface area contributed by atoms with E-state index >= 15 is 0 Å². The van der Waals surface area contributed by atoms with Crippen molar-refractivity contribution in [1.29, 1.82) is 0 Å². The van der Waals surface area contributed by atoms with E-state index < -0.39 is 17.7 Å². The molecule has 0 bridgehead atoms. The molecular formula is C24H35NO4. The van der Waals surface area contributed by atoms with Crippen molar-refractivity contribution < 1.29 is 19.4 Å². The van der Waals surface area contributed by atoms with Crippen molar-refractivity contribution in [2.75, 3.05) is 0 Å². The molecule has 3 rings (SSSR count). The number of nitrogens with one attached hydrogen (secondary N) is 1. The zero-order chi connectivity index (χ0) is 21.3. The molecule has 1 saturated heterocycles. The van der Waals surface area contributed by atoms with Gasteiger partial charge in [-0.3, -0.25) is 4.79 Å². The predicted octanol–water partition coefficient (Wildman–Crippen LogP) is 3.69. The highest BCUT2D eigenvalue weighted by Gasteiger charge is 2.64. The average Bonchev–Trinajstić information content (AvgIpc) is 2.89. The highest BCUT2D eigenvalue weighted by molar-refractivity contribution is 5.94. The molecule has 2 heterocycles. The van der Waals surface area contributed by atoms with E-state index in [2.05, 4.69) is 52.1 Å². The summed E-state index contributed by atoms with van der Waals surface area (Å²) in [6.07, 6.45) is 9.40. The normalized spacial score (nSPS) is 41.0. The van der Waals surface area contributed by atoms with Crippen LogP contribution in [0.4, 0.5) is 0 Å². The van der Waals surface area contributed by atoms with Gasteiger partial charge in [-0.1, -0.05) is 44.1 Å². The largest absolute Gasteiger partial charge is 0.444 e. The van der Waals surface area contributed by atoms with Crippen LogP contribution in [0.5, 0.6) is 0 Å². The van der Waals surface area contributed by atoms with Crippen LogP contribution < -0.4 is 5.32 Å². The number of carbonyl (C=O) groups excluding carboxylic acids is 2. The molecule has 0 aromatic rings. The third-order valence-electron chi connectivity index (χ3n) is 6.78. The van der Waals surface area contributed by atoms with Crippen LogP contribution in [0.15, 0.2) is 35.5 Å². The van der Waals surface area contributed by atoms with E-state index in [0.29, 0.717) is 12.3 Å². The van der Waals surface area contributed by atoms with Gasteiger partial charge in [0.25, 0.3) is 5.91 Å². The van der Waals surface area contributed by atoms with E-state index in [1.165, 1.54) is 17.7 Å². The van der Waals surface area contributed by atoms with Crippen molar-refractivity contribution >= 4 is 11.9 Å². The number of esters is 1. The Morgan fingerprint density at radius 2 is 2.00 bits per heavy atom. The summed E-state index contributed by atoms with van der Waals surface area (Å²) in [6, 6.07) is -0.0346. The molecule has 0 aromatic carbocycles. The second-order valence-electron chi connectivity index (χ2n) is 9.51. The Bertz CT molecular complexity index is 750. The first-order valence-corrected chi connectivity index (χ1v) is 10.9. The first-order valence-electron chi connectivity index (χ1n) is 10.9. The van der Waals surface area contributed by atoms with Gasteiger partial charge >= 0.3 is 5.97 Å². The molecule has 1 aliphatic carbocycles.